The van der Waals surface area contributed by atoms with E-state index < -0.39 is 17.7 Å². The van der Waals surface area contributed by atoms with Crippen LogP contribution >= 0.6 is 11.3 Å². The smallest absolute Gasteiger partial charge is 0.133 e. The number of hydrogen-bond donors (Lipinski definition) is 1. The summed E-state index contributed by atoms with van der Waals surface area (Å²) in [7, 11) is 0. The minimum absolute atomic E-state index is 0.130. The maximum atomic E-state index is 13.5. The van der Waals surface area contributed by atoms with Gasteiger partial charge in [0.15, 0.2) is 0 Å². The van der Waals surface area contributed by atoms with Crippen molar-refractivity contribution in [3.05, 3.63) is 40.4 Å². The van der Waals surface area contributed by atoms with Crippen molar-refractivity contribution in [1.82, 2.24) is 4.98 Å². The molecule has 0 saturated carbocycles. The van der Waals surface area contributed by atoms with Crippen LogP contribution < -0.4 is 0 Å². The molecule has 0 aliphatic rings. The average Bonchev–Trinajstić information content (AvgIpc) is 2.64. The van der Waals surface area contributed by atoms with Crippen molar-refractivity contribution in [2.75, 3.05) is 0 Å². The van der Waals surface area contributed by atoms with Gasteiger partial charge in [0.1, 0.15) is 16.6 Å². The number of benzene rings is 1. The Morgan fingerprint density at radius 1 is 1.35 bits per heavy atom. The second-order valence-electron chi connectivity index (χ2n) is 3.77. The molecule has 90 valence electrons. The van der Waals surface area contributed by atoms with Gasteiger partial charge in [0.2, 0.25) is 0 Å². The Hall–Kier alpha value is -1.33. The monoisotopic (exact) mass is 255 g/mol. The lowest BCUT2D eigenvalue weighted by molar-refractivity contribution is 0.202. The standard InChI is InChI=1S/C12H11F2NOS/c1-6-11(7(2)16)17-12(15-6)9-5-8(13)3-4-10(9)14/h3-5,7,16H,1-2H3. The fraction of sp³-hybridized carbons (Fsp3) is 0.250. The summed E-state index contributed by atoms with van der Waals surface area (Å²) in [4.78, 5) is 4.83. The summed E-state index contributed by atoms with van der Waals surface area (Å²) in [6.45, 7) is 3.35. The van der Waals surface area contributed by atoms with Crippen molar-refractivity contribution in [3.8, 4) is 10.6 Å². The molecule has 0 fully saturated rings. The van der Waals surface area contributed by atoms with Gasteiger partial charge in [-0.25, -0.2) is 13.8 Å². The van der Waals surface area contributed by atoms with Gasteiger partial charge in [0.05, 0.1) is 16.7 Å². The number of nitrogens with zero attached hydrogens (tertiary/aromatic N) is 1. The third-order valence-electron chi connectivity index (χ3n) is 2.37. The van der Waals surface area contributed by atoms with Gasteiger partial charge in [-0.3, -0.25) is 0 Å². The van der Waals surface area contributed by atoms with Crippen LogP contribution in [-0.2, 0) is 0 Å². The Morgan fingerprint density at radius 3 is 2.65 bits per heavy atom. The van der Waals surface area contributed by atoms with Gasteiger partial charge in [-0.1, -0.05) is 0 Å². The zero-order chi connectivity index (χ0) is 12.6. The van der Waals surface area contributed by atoms with Crippen LogP contribution in [0.15, 0.2) is 18.2 Å². The van der Waals surface area contributed by atoms with Gasteiger partial charge < -0.3 is 5.11 Å². The van der Waals surface area contributed by atoms with Gasteiger partial charge in [0.25, 0.3) is 0 Å². The molecular weight excluding hydrogens is 244 g/mol. The van der Waals surface area contributed by atoms with Crippen LogP contribution in [0, 0.1) is 18.6 Å². The summed E-state index contributed by atoms with van der Waals surface area (Å²) >= 11 is 1.18. The predicted octanol–water partition coefficient (Wildman–Crippen LogP) is 3.45. The minimum atomic E-state index is -0.655. The molecule has 2 rings (SSSR count). The van der Waals surface area contributed by atoms with Crippen LogP contribution in [0.2, 0.25) is 0 Å². The highest BCUT2D eigenvalue weighted by Gasteiger charge is 2.16. The predicted molar refractivity (Wildman–Crippen MR) is 62.8 cm³/mol. The first-order valence-corrected chi connectivity index (χ1v) is 5.91. The molecule has 0 bridgehead atoms. The number of aliphatic hydroxyl groups is 1. The second-order valence-corrected chi connectivity index (χ2v) is 4.80. The van der Waals surface area contributed by atoms with Crippen LogP contribution in [0.5, 0.6) is 0 Å². The topological polar surface area (TPSA) is 33.1 Å². The Kier molecular flexibility index (Phi) is 3.22. The number of hydrogen-bond acceptors (Lipinski definition) is 3. The van der Waals surface area contributed by atoms with Gasteiger partial charge in [0, 0.05) is 5.56 Å². The first-order valence-electron chi connectivity index (χ1n) is 5.10. The highest BCUT2D eigenvalue weighted by atomic mass is 32.1. The summed E-state index contributed by atoms with van der Waals surface area (Å²) in [6, 6.07) is 3.25. The lowest BCUT2D eigenvalue weighted by Crippen LogP contribution is -1.88. The van der Waals surface area contributed by atoms with Gasteiger partial charge in [-0.05, 0) is 32.0 Å². The fourth-order valence-corrected chi connectivity index (χ4v) is 2.59. The lowest BCUT2D eigenvalue weighted by Gasteiger charge is -1.99. The summed E-state index contributed by atoms with van der Waals surface area (Å²) in [5.74, 6) is -1.02. The quantitative estimate of drug-likeness (QED) is 0.891. The molecule has 1 aromatic carbocycles. The van der Waals surface area contributed by atoms with Crippen molar-refractivity contribution in [3.63, 3.8) is 0 Å². The van der Waals surface area contributed by atoms with E-state index in [4.69, 9.17) is 0 Å². The van der Waals surface area contributed by atoms with Crippen LogP contribution in [-0.4, -0.2) is 10.1 Å². The van der Waals surface area contributed by atoms with Crippen molar-refractivity contribution in [1.29, 1.82) is 0 Å². The molecule has 0 radical (unpaired) electrons. The van der Waals surface area contributed by atoms with Crippen molar-refractivity contribution >= 4 is 11.3 Å². The first kappa shape index (κ1) is 12.1. The average molecular weight is 255 g/mol. The highest BCUT2D eigenvalue weighted by Crippen LogP contribution is 2.33. The summed E-state index contributed by atoms with van der Waals surface area (Å²) in [5, 5.41) is 9.88. The number of aromatic nitrogens is 1. The molecule has 1 aromatic heterocycles. The van der Waals surface area contributed by atoms with Crippen LogP contribution in [0.4, 0.5) is 8.78 Å². The van der Waals surface area contributed by atoms with E-state index in [0.29, 0.717) is 15.6 Å². The lowest BCUT2D eigenvalue weighted by atomic mass is 10.2. The number of aryl methyl sites for hydroxylation is 1. The zero-order valence-corrected chi connectivity index (χ0v) is 10.2. The van der Waals surface area contributed by atoms with E-state index >= 15 is 0 Å². The molecular formula is C12H11F2NOS. The van der Waals surface area contributed by atoms with Crippen LogP contribution in [0.3, 0.4) is 0 Å². The summed E-state index contributed by atoms with van der Waals surface area (Å²) < 4.78 is 26.6. The molecule has 0 spiro atoms. The molecule has 0 amide bonds. The van der Waals surface area contributed by atoms with Crippen molar-refractivity contribution in [2.45, 2.75) is 20.0 Å². The highest BCUT2D eigenvalue weighted by molar-refractivity contribution is 7.15. The van der Waals surface area contributed by atoms with E-state index in [0.717, 1.165) is 18.2 Å². The molecule has 1 unspecified atom stereocenters. The summed E-state index contributed by atoms with van der Waals surface area (Å²) in [5.41, 5.74) is 0.772. The Bertz CT molecular complexity index is 551. The molecule has 0 aliphatic carbocycles. The second kappa shape index (κ2) is 4.50. The van der Waals surface area contributed by atoms with Crippen LogP contribution in [0.1, 0.15) is 23.6 Å². The molecule has 5 heteroatoms. The molecule has 1 N–H and O–H groups in total. The van der Waals surface area contributed by atoms with E-state index in [-0.39, 0.29) is 5.56 Å². The molecule has 0 aliphatic heterocycles. The summed E-state index contributed by atoms with van der Waals surface area (Å²) in [6.07, 6.45) is -0.655. The van der Waals surface area contributed by atoms with E-state index in [1.807, 2.05) is 0 Å². The van der Waals surface area contributed by atoms with Crippen LogP contribution in [0.25, 0.3) is 10.6 Å². The van der Waals surface area contributed by atoms with Gasteiger partial charge in [-0.15, -0.1) is 11.3 Å². The SMILES string of the molecule is Cc1nc(-c2cc(F)ccc2F)sc1C(C)O. The van der Waals surface area contributed by atoms with E-state index in [2.05, 4.69) is 4.98 Å². The molecule has 1 heterocycles. The molecule has 2 nitrogen and oxygen atoms in total. The third-order valence-corrected chi connectivity index (χ3v) is 3.73. The normalized spacial score (nSPS) is 12.8. The Morgan fingerprint density at radius 2 is 2.06 bits per heavy atom. The largest absolute Gasteiger partial charge is 0.388 e. The Labute approximate surface area is 102 Å². The van der Waals surface area contributed by atoms with E-state index in [1.54, 1.807) is 13.8 Å². The number of thiazole rings is 1. The van der Waals surface area contributed by atoms with Crippen molar-refractivity contribution < 1.29 is 13.9 Å². The van der Waals surface area contributed by atoms with Gasteiger partial charge in [-0.2, -0.15) is 0 Å². The maximum Gasteiger partial charge on any atom is 0.133 e. The molecule has 2 aromatic rings. The van der Waals surface area contributed by atoms with E-state index in [1.165, 1.54) is 11.3 Å². The number of rotatable bonds is 2. The molecule has 1 atom stereocenters. The van der Waals surface area contributed by atoms with E-state index in [9.17, 15) is 13.9 Å². The van der Waals surface area contributed by atoms with Crippen molar-refractivity contribution in [2.24, 2.45) is 0 Å². The first-order chi connectivity index (χ1) is 7.99. The molecule has 0 saturated heterocycles. The maximum absolute atomic E-state index is 13.5. The van der Waals surface area contributed by atoms with Gasteiger partial charge >= 0.3 is 0 Å². The Balaban J connectivity index is 2.53. The number of aliphatic hydroxyl groups excluding tert-OH is 1. The fourth-order valence-electron chi connectivity index (χ4n) is 1.57. The molecule has 17 heavy (non-hydrogen) atoms. The number of halogens is 2. The minimum Gasteiger partial charge on any atom is -0.388 e. The zero-order valence-electron chi connectivity index (χ0n) is 9.37. The third kappa shape index (κ3) is 2.35.